The van der Waals surface area contributed by atoms with E-state index in [9.17, 15) is 4.79 Å². The number of likely N-dealkylation sites (tertiary alicyclic amines) is 1. The van der Waals surface area contributed by atoms with E-state index in [1.807, 2.05) is 44.1 Å². The molecule has 1 saturated heterocycles. The monoisotopic (exact) mass is 286 g/mol. The fourth-order valence-electron chi connectivity index (χ4n) is 2.55. The SMILES string of the molecule is Cc1ccc(C(=O)N2CCC(N(C)C)C2)cc1C#CCO. The number of aliphatic hydroxyl groups is 1. The summed E-state index contributed by atoms with van der Waals surface area (Å²) in [5.74, 6) is 5.60. The maximum absolute atomic E-state index is 12.6. The Bertz CT molecular complexity index is 584. The van der Waals surface area contributed by atoms with Crippen LogP contribution in [0.4, 0.5) is 0 Å². The smallest absolute Gasteiger partial charge is 0.253 e. The van der Waals surface area contributed by atoms with Gasteiger partial charge in [0.25, 0.3) is 5.91 Å². The van der Waals surface area contributed by atoms with Gasteiger partial charge in [-0.2, -0.15) is 0 Å². The minimum atomic E-state index is -0.172. The van der Waals surface area contributed by atoms with Crippen molar-refractivity contribution in [3.05, 3.63) is 34.9 Å². The van der Waals surface area contributed by atoms with Crippen molar-refractivity contribution in [1.82, 2.24) is 9.80 Å². The first-order valence-electron chi connectivity index (χ1n) is 7.19. The molecule has 0 radical (unpaired) electrons. The first-order chi connectivity index (χ1) is 10.0. The summed E-state index contributed by atoms with van der Waals surface area (Å²) >= 11 is 0. The van der Waals surface area contributed by atoms with Gasteiger partial charge < -0.3 is 14.9 Å². The molecule has 0 aromatic heterocycles. The molecule has 4 nitrogen and oxygen atoms in total. The number of rotatable bonds is 2. The summed E-state index contributed by atoms with van der Waals surface area (Å²) in [6.45, 7) is 3.35. The Balaban J connectivity index is 2.17. The Kier molecular flexibility index (Phi) is 5.00. The zero-order valence-electron chi connectivity index (χ0n) is 12.9. The zero-order chi connectivity index (χ0) is 15.4. The molecule has 4 heteroatoms. The lowest BCUT2D eigenvalue weighted by Gasteiger charge is -2.20. The molecule has 0 spiro atoms. The molecule has 1 unspecified atom stereocenters. The molecule has 1 fully saturated rings. The van der Waals surface area contributed by atoms with Crippen molar-refractivity contribution in [2.24, 2.45) is 0 Å². The number of nitrogens with zero attached hydrogens (tertiary/aromatic N) is 2. The minimum Gasteiger partial charge on any atom is -0.384 e. The summed E-state index contributed by atoms with van der Waals surface area (Å²) in [6.07, 6.45) is 1.02. The largest absolute Gasteiger partial charge is 0.384 e. The van der Waals surface area contributed by atoms with Crippen LogP contribution >= 0.6 is 0 Å². The Morgan fingerprint density at radius 1 is 1.48 bits per heavy atom. The summed E-state index contributed by atoms with van der Waals surface area (Å²) < 4.78 is 0. The van der Waals surface area contributed by atoms with E-state index in [4.69, 9.17) is 5.11 Å². The number of hydrogen-bond donors (Lipinski definition) is 1. The highest BCUT2D eigenvalue weighted by atomic mass is 16.2. The van der Waals surface area contributed by atoms with Crippen LogP contribution in [0, 0.1) is 18.8 Å². The van der Waals surface area contributed by atoms with Gasteiger partial charge in [0.15, 0.2) is 0 Å². The van der Waals surface area contributed by atoms with Gasteiger partial charge in [0, 0.05) is 30.3 Å². The van der Waals surface area contributed by atoms with Gasteiger partial charge >= 0.3 is 0 Å². The lowest BCUT2D eigenvalue weighted by molar-refractivity contribution is 0.0783. The van der Waals surface area contributed by atoms with Gasteiger partial charge in [0.1, 0.15) is 6.61 Å². The first-order valence-corrected chi connectivity index (χ1v) is 7.19. The molecule has 1 aromatic carbocycles. The average molecular weight is 286 g/mol. The lowest BCUT2D eigenvalue weighted by Crippen LogP contribution is -2.34. The fourth-order valence-corrected chi connectivity index (χ4v) is 2.55. The van der Waals surface area contributed by atoms with Crippen molar-refractivity contribution >= 4 is 5.91 Å². The number of carbonyl (C=O) groups is 1. The van der Waals surface area contributed by atoms with Crippen LogP contribution in [0.15, 0.2) is 18.2 Å². The molecule has 1 heterocycles. The van der Waals surface area contributed by atoms with Crippen molar-refractivity contribution in [2.45, 2.75) is 19.4 Å². The van der Waals surface area contributed by atoms with Gasteiger partial charge in [-0.1, -0.05) is 17.9 Å². The third-order valence-electron chi connectivity index (χ3n) is 3.97. The second-order valence-electron chi connectivity index (χ2n) is 5.65. The van der Waals surface area contributed by atoms with Crippen LogP contribution in [0.25, 0.3) is 0 Å². The Morgan fingerprint density at radius 2 is 2.24 bits per heavy atom. The number of amides is 1. The maximum Gasteiger partial charge on any atom is 0.253 e. The van der Waals surface area contributed by atoms with Crippen molar-refractivity contribution in [2.75, 3.05) is 33.8 Å². The number of benzene rings is 1. The molecule has 1 aromatic rings. The van der Waals surface area contributed by atoms with E-state index in [1.54, 1.807) is 0 Å². The third-order valence-corrected chi connectivity index (χ3v) is 3.97. The number of hydrogen-bond acceptors (Lipinski definition) is 3. The van der Waals surface area contributed by atoms with Crippen LogP contribution in [0.3, 0.4) is 0 Å². The lowest BCUT2D eigenvalue weighted by atomic mass is 10.0. The molecular formula is C17H22N2O2. The van der Waals surface area contributed by atoms with Gasteiger partial charge in [-0.05, 0) is 45.1 Å². The molecule has 1 N–H and O–H groups in total. The van der Waals surface area contributed by atoms with Gasteiger partial charge in [-0.3, -0.25) is 4.79 Å². The molecule has 0 saturated carbocycles. The van der Waals surface area contributed by atoms with Crippen LogP contribution in [-0.2, 0) is 0 Å². The van der Waals surface area contributed by atoms with Crippen LogP contribution in [0.5, 0.6) is 0 Å². The molecule has 112 valence electrons. The second kappa shape index (κ2) is 6.75. The molecule has 1 aliphatic heterocycles. The van der Waals surface area contributed by atoms with Crippen molar-refractivity contribution in [3.63, 3.8) is 0 Å². The van der Waals surface area contributed by atoms with Crippen LogP contribution in [0.2, 0.25) is 0 Å². The molecule has 1 amide bonds. The number of aliphatic hydroxyl groups excluding tert-OH is 1. The van der Waals surface area contributed by atoms with Crippen LogP contribution in [0.1, 0.15) is 27.9 Å². The second-order valence-corrected chi connectivity index (χ2v) is 5.65. The normalized spacial score (nSPS) is 17.8. The highest BCUT2D eigenvalue weighted by molar-refractivity contribution is 5.95. The van der Waals surface area contributed by atoms with E-state index >= 15 is 0 Å². The third kappa shape index (κ3) is 3.63. The quantitative estimate of drug-likeness (QED) is 0.829. The number of aryl methyl sites for hydroxylation is 1. The Morgan fingerprint density at radius 3 is 2.86 bits per heavy atom. The molecule has 0 bridgehead atoms. The van der Waals surface area contributed by atoms with E-state index in [-0.39, 0.29) is 12.5 Å². The van der Waals surface area contributed by atoms with E-state index in [0.717, 1.165) is 30.6 Å². The van der Waals surface area contributed by atoms with Crippen LogP contribution < -0.4 is 0 Å². The fraction of sp³-hybridized carbons (Fsp3) is 0.471. The number of carbonyl (C=O) groups excluding carboxylic acids is 1. The molecular weight excluding hydrogens is 264 g/mol. The van der Waals surface area contributed by atoms with E-state index in [2.05, 4.69) is 16.7 Å². The summed E-state index contributed by atoms with van der Waals surface area (Å²) in [6, 6.07) is 6.02. The van der Waals surface area contributed by atoms with Gasteiger partial charge in [0.05, 0.1) is 0 Å². The molecule has 1 atom stereocenters. The highest BCUT2D eigenvalue weighted by Crippen LogP contribution is 2.18. The van der Waals surface area contributed by atoms with E-state index < -0.39 is 0 Å². The van der Waals surface area contributed by atoms with E-state index in [1.165, 1.54) is 0 Å². The Hall–Kier alpha value is -1.83. The summed E-state index contributed by atoms with van der Waals surface area (Å²) in [4.78, 5) is 16.6. The van der Waals surface area contributed by atoms with Crippen molar-refractivity contribution in [3.8, 4) is 11.8 Å². The molecule has 2 rings (SSSR count). The molecule has 0 aliphatic carbocycles. The topological polar surface area (TPSA) is 43.8 Å². The summed E-state index contributed by atoms with van der Waals surface area (Å²) in [7, 11) is 4.10. The first kappa shape index (κ1) is 15.6. The van der Waals surface area contributed by atoms with Gasteiger partial charge in [-0.15, -0.1) is 0 Å². The minimum absolute atomic E-state index is 0.0615. The predicted molar refractivity (Wildman–Crippen MR) is 83.1 cm³/mol. The highest BCUT2D eigenvalue weighted by Gasteiger charge is 2.28. The number of likely N-dealkylation sites (N-methyl/N-ethyl adjacent to an activating group) is 1. The van der Waals surface area contributed by atoms with Gasteiger partial charge in [0.2, 0.25) is 0 Å². The standard InChI is InChI=1S/C17H22N2O2/c1-13-6-7-15(11-14(13)5-4-10-20)17(21)19-9-8-16(12-19)18(2)3/h6-7,11,16,20H,8-10,12H2,1-3H3. The van der Waals surface area contributed by atoms with Crippen LogP contribution in [-0.4, -0.2) is 60.6 Å². The Labute approximate surface area is 126 Å². The van der Waals surface area contributed by atoms with E-state index in [0.29, 0.717) is 11.6 Å². The van der Waals surface area contributed by atoms with Crippen molar-refractivity contribution < 1.29 is 9.90 Å². The average Bonchev–Trinajstić information content (AvgIpc) is 2.95. The maximum atomic E-state index is 12.6. The summed E-state index contributed by atoms with van der Waals surface area (Å²) in [5.41, 5.74) is 2.49. The van der Waals surface area contributed by atoms with Gasteiger partial charge in [-0.25, -0.2) is 0 Å². The van der Waals surface area contributed by atoms with Crippen molar-refractivity contribution in [1.29, 1.82) is 0 Å². The molecule has 21 heavy (non-hydrogen) atoms. The molecule has 1 aliphatic rings. The summed E-state index contributed by atoms with van der Waals surface area (Å²) in [5, 5.41) is 8.80. The zero-order valence-corrected chi connectivity index (χ0v) is 12.9. The predicted octanol–water partition coefficient (Wildman–Crippen LogP) is 1.11.